The molecule has 1 amide bonds. The standard InChI is InChI=1S/C19H16ClFN4O/c1-9-5-11(18(26)25-19(22)23)7-15-14(6-10(2)24-17(9)15)13-4-3-12(21)8-16(13)20/h3-8H,1-2H3,(H4,22,23,25,26). The number of aryl methyl sites for hydroxylation is 2. The maximum absolute atomic E-state index is 13.4. The summed E-state index contributed by atoms with van der Waals surface area (Å²) in [6.45, 7) is 3.70. The lowest BCUT2D eigenvalue weighted by Crippen LogP contribution is -2.24. The zero-order valence-corrected chi connectivity index (χ0v) is 14.9. The summed E-state index contributed by atoms with van der Waals surface area (Å²) < 4.78 is 13.4. The molecule has 0 bridgehead atoms. The number of carbonyl (C=O) groups is 1. The van der Waals surface area contributed by atoms with Gasteiger partial charge in [-0.15, -0.1) is 0 Å². The van der Waals surface area contributed by atoms with Crippen LogP contribution in [0.1, 0.15) is 21.6 Å². The number of hydrogen-bond acceptors (Lipinski definition) is 2. The van der Waals surface area contributed by atoms with Gasteiger partial charge in [-0.05, 0) is 61.4 Å². The van der Waals surface area contributed by atoms with E-state index in [9.17, 15) is 9.18 Å². The summed E-state index contributed by atoms with van der Waals surface area (Å²) in [5.41, 5.74) is 14.6. The number of rotatable bonds is 2. The van der Waals surface area contributed by atoms with Crippen LogP contribution in [-0.4, -0.2) is 16.9 Å². The summed E-state index contributed by atoms with van der Waals surface area (Å²) in [7, 11) is 0. The molecule has 7 heteroatoms. The number of nitrogens with two attached hydrogens (primary N) is 2. The van der Waals surface area contributed by atoms with Crippen molar-refractivity contribution in [2.75, 3.05) is 0 Å². The molecule has 2 aromatic carbocycles. The fraction of sp³-hybridized carbons (Fsp3) is 0.105. The van der Waals surface area contributed by atoms with E-state index in [1.165, 1.54) is 12.1 Å². The van der Waals surface area contributed by atoms with Crippen molar-refractivity contribution in [3.05, 3.63) is 64.1 Å². The van der Waals surface area contributed by atoms with E-state index in [2.05, 4.69) is 9.98 Å². The van der Waals surface area contributed by atoms with Crippen LogP contribution in [0.3, 0.4) is 0 Å². The minimum absolute atomic E-state index is 0.274. The number of aromatic nitrogens is 1. The molecular weight excluding hydrogens is 355 g/mol. The number of pyridine rings is 1. The minimum atomic E-state index is -0.549. The number of benzene rings is 2. The highest BCUT2D eigenvalue weighted by molar-refractivity contribution is 6.33. The van der Waals surface area contributed by atoms with Crippen LogP contribution in [0, 0.1) is 19.7 Å². The topological polar surface area (TPSA) is 94.4 Å². The molecule has 0 aliphatic carbocycles. The highest BCUT2D eigenvalue weighted by atomic mass is 35.5. The molecule has 26 heavy (non-hydrogen) atoms. The minimum Gasteiger partial charge on any atom is -0.370 e. The summed E-state index contributed by atoms with van der Waals surface area (Å²) in [6.07, 6.45) is 0. The normalized spacial score (nSPS) is 10.8. The summed E-state index contributed by atoms with van der Waals surface area (Å²) in [4.78, 5) is 20.4. The quantitative estimate of drug-likeness (QED) is 0.531. The summed E-state index contributed by atoms with van der Waals surface area (Å²) in [6, 6.07) is 9.38. The third-order valence-electron chi connectivity index (χ3n) is 3.93. The SMILES string of the molecule is Cc1cc(-c2ccc(F)cc2Cl)c2cc(C(=O)N=C(N)N)cc(C)c2n1. The van der Waals surface area contributed by atoms with Crippen molar-refractivity contribution in [3.8, 4) is 11.1 Å². The Morgan fingerprint density at radius 3 is 2.50 bits per heavy atom. The van der Waals surface area contributed by atoms with Crippen LogP contribution in [0.15, 0.2) is 41.4 Å². The van der Waals surface area contributed by atoms with E-state index in [4.69, 9.17) is 23.1 Å². The molecule has 4 N–H and O–H groups in total. The molecule has 0 aliphatic heterocycles. The van der Waals surface area contributed by atoms with Crippen molar-refractivity contribution in [1.82, 2.24) is 4.98 Å². The molecule has 0 saturated carbocycles. The first-order chi connectivity index (χ1) is 12.3. The van der Waals surface area contributed by atoms with Crippen LogP contribution < -0.4 is 11.5 Å². The number of halogens is 2. The van der Waals surface area contributed by atoms with Crippen LogP contribution in [-0.2, 0) is 0 Å². The van der Waals surface area contributed by atoms with Gasteiger partial charge in [0.15, 0.2) is 5.96 Å². The molecule has 5 nitrogen and oxygen atoms in total. The van der Waals surface area contributed by atoms with Crippen molar-refractivity contribution in [3.63, 3.8) is 0 Å². The Bertz CT molecular complexity index is 1070. The van der Waals surface area contributed by atoms with Gasteiger partial charge in [-0.2, -0.15) is 4.99 Å². The Hall–Kier alpha value is -2.99. The highest BCUT2D eigenvalue weighted by Crippen LogP contribution is 2.35. The third kappa shape index (κ3) is 3.36. The Labute approximate surface area is 154 Å². The lowest BCUT2D eigenvalue weighted by molar-refractivity contribution is 0.100. The number of guanidine groups is 1. The van der Waals surface area contributed by atoms with Crippen molar-refractivity contribution >= 4 is 34.4 Å². The Kier molecular flexibility index (Phi) is 4.61. The molecule has 0 aliphatic rings. The van der Waals surface area contributed by atoms with Crippen LogP contribution in [0.25, 0.3) is 22.0 Å². The lowest BCUT2D eigenvalue weighted by Gasteiger charge is -2.13. The monoisotopic (exact) mass is 370 g/mol. The molecule has 132 valence electrons. The average Bonchev–Trinajstić information content (AvgIpc) is 2.54. The predicted octanol–water partition coefficient (Wildman–Crippen LogP) is 3.72. The second-order valence-corrected chi connectivity index (χ2v) is 6.37. The van der Waals surface area contributed by atoms with Crippen LogP contribution in [0.4, 0.5) is 4.39 Å². The van der Waals surface area contributed by atoms with Gasteiger partial charge in [0.05, 0.1) is 10.5 Å². The fourth-order valence-corrected chi connectivity index (χ4v) is 3.13. The lowest BCUT2D eigenvalue weighted by atomic mass is 9.96. The van der Waals surface area contributed by atoms with E-state index < -0.39 is 11.7 Å². The third-order valence-corrected chi connectivity index (χ3v) is 4.24. The van der Waals surface area contributed by atoms with Gasteiger partial charge in [0.25, 0.3) is 5.91 Å². The second-order valence-electron chi connectivity index (χ2n) is 5.97. The number of carbonyl (C=O) groups excluding carboxylic acids is 1. The molecule has 0 saturated heterocycles. The number of nitrogens with zero attached hydrogens (tertiary/aromatic N) is 2. The van der Waals surface area contributed by atoms with Gasteiger partial charge in [0.2, 0.25) is 0 Å². The smallest absolute Gasteiger partial charge is 0.280 e. The van der Waals surface area contributed by atoms with Crippen LogP contribution >= 0.6 is 11.6 Å². The first-order valence-corrected chi connectivity index (χ1v) is 8.15. The first kappa shape index (κ1) is 17.8. The number of amides is 1. The molecule has 0 spiro atoms. The summed E-state index contributed by atoms with van der Waals surface area (Å²) in [5, 5.41) is 0.980. The molecular formula is C19H16ClFN4O. The number of aliphatic imine (C=N–C) groups is 1. The van der Waals surface area contributed by atoms with Crippen LogP contribution in [0.2, 0.25) is 5.02 Å². The molecule has 0 fully saturated rings. The van der Waals surface area contributed by atoms with Crippen molar-refractivity contribution in [2.45, 2.75) is 13.8 Å². The van der Waals surface area contributed by atoms with E-state index in [1.807, 2.05) is 19.9 Å². The Morgan fingerprint density at radius 2 is 1.85 bits per heavy atom. The number of fused-ring (bicyclic) bond motifs is 1. The maximum atomic E-state index is 13.4. The van der Waals surface area contributed by atoms with Crippen LogP contribution in [0.5, 0.6) is 0 Å². The molecule has 1 heterocycles. The van der Waals surface area contributed by atoms with E-state index in [0.717, 1.165) is 22.3 Å². The van der Waals surface area contributed by atoms with Crippen molar-refractivity contribution in [2.24, 2.45) is 16.5 Å². The number of hydrogen-bond donors (Lipinski definition) is 2. The van der Waals surface area contributed by atoms with E-state index >= 15 is 0 Å². The van der Waals surface area contributed by atoms with Gasteiger partial charge in [0, 0.05) is 22.2 Å². The summed E-state index contributed by atoms with van der Waals surface area (Å²) >= 11 is 6.25. The second kappa shape index (κ2) is 6.72. The summed E-state index contributed by atoms with van der Waals surface area (Å²) in [5.74, 6) is -1.28. The van der Waals surface area contributed by atoms with Crippen molar-refractivity contribution in [1.29, 1.82) is 0 Å². The van der Waals surface area contributed by atoms with Crippen molar-refractivity contribution < 1.29 is 9.18 Å². The molecule has 0 atom stereocenters. The predicted molar refractivity (Wildman–Crippen MR) is 102 cm³/mol. The Balaban J connectivity index is 2.33. The molecule has 1 aromatic heterocycles. The zero-order chi connectivity index (χ0) is 19.0. The van der Waals surface area contributed by atoms with Gasteiger partial charge in [0.1, 0.15) is 5.82 Å². The maximum Gasteiger partial charge on any atom is 0.280 e. The highest BCUT2D eigenvalue weighted by Gasteiger charge is 2.15. The van der Waals surface area contributed by atoms with E-state index in [1.54, 1.807) is 18.2 Å². The fourth-order valence-electron chi connectivity index (χ4n) is 2.86. The van der Waals surface area contributed by atoms with Gasteiger partial charge < -0.3 is 11.5 Å². The molecule has 3 aromatic rings. The van der Waals surface area contributed by atoms with Gasteiger partial charge in [-0.25, -0.2) is 4.39 Å². The Morgan fingerprint density at radius 1 is 1.12 bits per heavy atom. The van der Waals surface area contributed by atoms with Gasteiger partial charge >= 0.3 is 0 Å². The average molecular weight is 371 g/mol. The first-order valence-electron chi connectivity index (χ1n) is 7.77. The molecule has 0 radical (unpaired) electrons. The molecule has 0 unspecified atom stereocenters. The molecule has 3 rings (SSSR count). The zero-order valence-electron chi connectivity index (χ0n) is 14.2. The van der Waals surface area contributed by atoms with Gasteiger partial charge in [-0.3, -0.25) is 9.78 Å². The van der Waals surface area contributed by atoms with E-state index in [-0.39, 0.29) is 11.0 Å². The van der Waals surface area contributed by atoms with Gasteiger partial charge in [-0.1, -0.05) is 11.6 Å². The largest absolute Gasteiger partial charge is 0.370 e. The van der Waals surface area contributed by atoms with E-state index in [0.29, 0.717) is 16.5 Å².